The lowest BCUT2D eigenvalue weighted by molar-refractivity contribution is -0.0925. The molecule has 3 aromatic rings. The number of carbonyl (C=O) groups is 1. The van der Waals surface area contributed by atoms with Gasteiger partial charge in [0, 0.05) is 13.3 Å². The first-order chi connectivity index (χ1) is 16.4. The van der Waals surface area contributed by atoms with Crippen LogP contribution in [0.4, 0.5) is 23.7 Å². The number of rotatable bonds is 6. The number of ether oxygens (including phenoxy) is 1. The highest BCUT2D eigenvalue weighted by atomic mass is 32.2. The zero-order chi connectivity index (χ0) is 25.8. The number of nitrogens with one attached hydrogen (secondary N) is 1. The number of nitrogens with zero attached hydrogens (tertiary/aromatic N) is 1. The van der Waals surface area contributed by atoms with Gasteiger partial charge in [-0.25, -0.2) is 18.2 Å². The van der Waals surface area contributed by atoms with Crippen molar-refractivity contribution in [3.05, 3.63) is 76.6 Å². The fraction of sp³-hybridized carbons (Fsp3) is 0.130. The van der Waals surface area contributed by atoms with Gasteiger partial charge in [0.2, 0.25) is 0 Å². The smallest absolute Gasteiger partial charge is 0.408 e. The largest absolute Gasteiger partial charge is 0.430 e. The van der Waals surface area contributed by atoms with E-state index in [1.165, 1.54) is 31.3 Å². The molecule has 0 atom stereocenters. The summed E-state index contributed by atoms with van der Waals surface area (Å²) < 4.78 is 68.5. The molecule has 0 saturated heterocycles. The number of amides is 1. The number of alkyl halides is 3. The van der Waals surface area contributed by atoms with Crippen LogP contribution < -0.4 is 15.8 Å². The lowest BCUT2D eigenvalue weighted by Crippen LogP contribution is -2.22. The standard InChI is InChI=1S/C23H20F3N3O4S2/c1-28-22(30)33-19-9-4-3-8-17(19)29-18(12-21(27)23(24,25)26)20-11-15(13-34-20)14-6-5-7-16(10-14)35(2,31)32/h3-13H,27H2,1-2H3,(H,28,30)/b21-12-,29-18?. The summed E-state index contributed by atoms with van der Waals surface area (Å²) in [5.41, 5.74) is 5.02. The van der Waals surface area contributed by atoms with Crippen LogP contribution >= 0.6 is 11.3 Å². The van der Waals surface area contributed by atoms with Gasteiger partial charge in [0.05, 0.1) is 15.5 Å². The van der Waals surface area contributed by atoms with Gasteiger partial charge >= 0.3 is 12.3 Å². The molecule has 184 valence electrons. The summed E-state index contributed by atoms with van der Waals surface area (Å²) in [7, 11) is -2.09. The van der Waals surface area contributed by atoms with E-state index in [-0.39, 0.29) is 22.0 Å². The van der Waals surface area contributed by atoms with Crippen LogP contribution in [0.3, 0.4) is 0 Å². The number of benzene rings is 2. The summed E-state index contributed by atoms with van der Waals surface area (Å²) in [6, 6.07) is 13.8. The number of hydrogen-bond acceptors (Lipinski definition) is 7. The van der Waals surface area contributed by atoms with Crippen molar-refractivity contribution in [1.82, 2.24) is 5.32 Å². The molecule has 2 aromatic carbocycles. The molecule has 7 nitrogen and oxygen atoms in total. The second-order valence-corrected chi connectivity index (χ2v) is 10.1. The predicted octanol–water partition coefficient (Wildman–Crippen LogP) is 5.06. The van der Waals surface area contributed by atoms with E-state index in [1.54, 1.807) is 35.7 Å². The number of hydrogen-bond donors (Lipinski definition) is 2. The van der Waals surface area contributed by atoms with Gasteiger partial charge in [0.1, 0.15) is 11.4 Å². The molecule has 0 radical (unpaired) electrons. The number of halogens is 3. The number of para-hydroxylation sites is 2. The number of sulfone groups is 1. The molecule has 1 aromatic heterocycles. The van der Waals surface area contributed by atoms with Crippen LogP contribution in [0.1, 0.15) is 4.88 Å². The van der Waals surface area contributed by atoms with Gasteiger partial charge in [-0.05, 0) is 52.9 Å². The Morgan fingerprint density at radius 3 is 2.49 bits per heavy atom. The number of nitrogens with two attached hydrogens (primary N) is 1. The van der Waals surface area contributed by atoms with Crippen molar-refractivity contribution >= 4 is 38.7 Å². The van der Waals surface area contributed by atoms with Gasteiger partial charge in [-0.1, -0.05) is 24.3 Å². The first-order valence-corrected chi connectivity index (χ1v) is 12.7. The summed E-state index contributed by atoms with van der Waals surface area (Å²) in [4.78, 5) is 16.4. The van der Waals surface area contributed by atoms with Crippen molar-refractivity contribution < 1.29 is 31.1 Å². The lowest BCUT2D eigenvalue weighted by atomic mass is 10.1. The first-order valence-electron chi connectivity index (χ1n) is 9.89. The van der Waals surface area contributed by atoms with Crippen molar-refractivity contribution in [2.24, 2.45) is 10.7 Å². The topological polar surface area (TPSA) is 111 Å². The third kappa shape index (κ3) is 6.70. The van der Waals surface area contributed by atoms with E-state index in [2.05, 4.69) is 10.3 Å². The molecule has 0 fully saturated rings. The normalized spacial score (nSPS) is 12.9. The molecule has 0 bridgehead atoms. The molecule has 0 aliphatic rings. The molecule has 0 aliphatic carbocycles. The van der Waals surface area contributed by atoms with Crippen LogP contribution in [-0.2, 0) is 9.84 Å². The van der Waals surface area contributed by atoms with Gasteiger partial charge in [-0.2, -0.15) is 13.2 Å². The van der Waals surface area contributed by atoms with Crippen molar-refractivity contribution in [3.8, 4) is 16.9 Å². The number of allylic oxidation sites excluding steroid dienone is 2. The SMILES string of the molecule is CNC(=O)Oc1ccccc1N=C(/C=C(\N)C(F)(F)F)c1cc(-c2cccc(S(C)(=O)=O)c2)cs1. The van der Waals surface area contributed by atoms with Gasteiger partial charge in [0.15, 0.2) is 15.6 Å². The van der Waals surface area contributed by atoms with Crippen LogP contribution in [-0.4, -0.2) is 39.7 Å². The van der Waals surface area contributed by atoms with Crippen LogP contribution in [0, 0.1) is 0 Å². The minimum atomic E-state index is -4.79. The number of carbonyl (C=O) groups excluding carboxylic acids is 1. The van der Waals surface area contributed by atoms with E-state index in [4.69, 9.17) is 10.5 Å². The fourth-order valence-corrected chi connectivity index (χ4v) is 4.38. The predicted molar refractivity (Wildman–Crippen MR) is 129 cm³/mol. The van der Waals surface area contributed by atoms with Gasteiger partial charge in [-0.3, -0.25) is 0 Å². The number of thiophene rings is 1. The summed E-state index contributed by atoms with van der Waals surface area (Å²) in [5, 5.41) is 3.95. The second kappa shape index (κ2) is 10.3. The van der Waals surface area contributed by atoms with Crippen LogP contribution in [0.25, 0.3) is 11.1 Å². The Labute approximate surface area is 203 Å². The molecule has 0 saturated carbocycles. The van der Waals surface area contributed by atoms with Crippen LogP contribution in [0.2, 0.25) is 0 Å². The van der Waals surface area contributed by atoms with Crippen LogP contribution in [0.5, 0.6) is 5.75 Å². The third-order valence-corrected chi connectivity index (χ3v) is 6.64. The molecule has 3 N–H and O–H groups in total. The Balaban J connectivity index is 2.12. The molecule has 1 amide bonds. The van der Waals surface area contributed by atoms with E-state index in [9.17, 15) is 26.4 Å². The quantitative estimate of drug-likeness (QED) is 0.439. The van der Waals surface area contributed by atoms with E-state index in [0.717, 1.165) is 17.6 Å². The monoisotopic (exact) mass is 523 g/mol. The minimum Gasteiger partial charge on any atom is -0.408 e. The highest BCUT2D eigenvalue weighted by Crippen LogP contribution is 2.32. The van der Waals surface area contributed by atoms with Crippen molar-refractivity contribution in [3.63, 3.8) is 0 Å². The van der Waals surface area contributed by atoms with Gasteiger partial charge in [0.25, 0.3) is 0 Å². The molecular formula is C23H20F3N3O4S2. The Morgan fingerprint density at radius 1 is 1.11 bits per heavy atom. The maximum absolute atomic E-state index is 13.2. The molecule has 0 aliphatic heterocycles. The minimum absolute atomic E-state index is 0.0287. The van der Waals surface area contributed by atoms with Crippen molar-refractivity contribution in [1.29, 1.82) is 0 Å². The second-order valence-electron chi connectivity index (χ2n) is 7.20. The summed E-state index contributed by atoms with van der Waals surface area (Å²) >= 11 is 1.09. The Morgan fingerprint density at radius 2 is 1.83 bits per heavy atom. The van der Waals surface area contributed by atoms with E-state index >= 15 is 0 Å². The summed E-state index contributed by atoms with van der Waals surface area (Å²) in [5.74, 6) is 0.0287. The van der Waals surface area contributed by atoms with Gasteiger partial charge in [-0.15, -0.1) is 11.3 Å². The molecule has 1 heterocycles. The average molecular weight is 524 g/mol. The number of aliphatic imine (C=N–C) groups is 1. The fourth-order valence-electron chi connectivity index (χ4n) is 2.83. The van der Waals surface area contributed by atoms with Crippen molar-refractivity contribution in [2.45, 2.75) is 11.1 Å². The Hall–Kier alpha value is -3.64. The molecular weight excluding hydrogens is 503 g/mol. The Kier molecular flexibility index (Phi) is 7.66. The molecule has 12 heteroatoms. The van der Waals surface area contributed by atoms with E-state index in [1.807, 2.05) is 0 Å². The Bertz CT molecular complexity index is 1410. The first kappa shape index (κ1) is 26.0. The maximum Gasteiger partial charge on any atom is 0.430 e. The van der Waals surface area contributed by atoms with Crippen molar-refractivity contribution in [2.75, 3.05) is 13.3 Å². The zero-order valence-corrected chi connectivity index (χ0v) is 20.1. The van der Waals surface area contributed by atoms with E-state index < -0.39 is 27.8 Å². The van der Waals surface area contributed by atoms with E-state index in [0.29, 0.717) is 22.1 Å². The molecule has 0 unspecified atom stereocenters. The average Bonchev–Trinajstić information content (AvgIpc) is 3.29. The van der Waals surface area contributed by atoms with Crippen LogP contribution in [0.15, 0.2) is 81.6 Å². The summed E-state index contributed by atoms with van der Waals surface area (Å²) in [6.45, 7) is 0. The summed E-state index contributed by atoms with van der Waals surface area (Å²) in [6.07, 6.45) is -3.79. The lowest BCUT2D eigenvalue weighted by Gasteiger charge is -2.09. The zero-order valence-electron chi connectivity index (χ0n) is 18.5. The molecule has 35 heavy (non-hydrogen) atoms. The highest BCUT2D eigenvalue weighted by molar-refractivity contribution is 7.90. The third-order valence-electron chi connectivity index (χ3n) is 4.58. The molecule has 0 spiro atoms. The highest BCUT2D eigenvalue weighted by Gasteiger charge is 2.32. The van der Waals surface area contributed by atoms with Gasteiger partial charge < -0.3 is 15.8 Å². The molecule has 3 rings (SSSR count). The maximum atomic E-state index is 13.2.